The van der Waals surface area contributed by atoms with Gasteiger partial charge in [-0.05, 0) is 37.6 Å². The smallest absolute Gasteiger partial charge is 0.411 e. The van der Waals surface area contributed by atoms with Crippen molar-refractivity contribution >= 4 is 52.7 Å². The van der Waals surface area contributed by atoms with Crippen LogP contribution in [0.2, 0.25) is 10.0 Å². The third-order valence-corrected chi connectivity index (χ3v) is 6.48. The monoisotopic (exact) mass is 452 g/mol. The third kappa shape index (κ3) is 5.38. The zero-order valence-corrected chi connectivity index (χ0v) is 18.5. The van der Waals surface area contributed by atoms with Gasteiger partial charge in [0.25, 0.3) is 0 Å². The van der Waals surface area contributed by atoms with Crippen molar-refractivity contribution in [3.05, 3.63) is 63.6 Å². The second-order valence-electron chi connectivity index (χ2n) is 6.78. The molecule has 2 aromatic rings. The number of halogens is 2. The van der Waals surface area contributed by atoms with Crippen LogP contribution in [0.3, 0.4) is 0 Å². The number of thioether (sulfide) groups is 1. The number of ether oxygens (including phenoxy) is 1. The Balaban J connectivity index is 1.67. The maximum absolute atomic E-state index is 12.6. The van der Waals surface area contributed by atoms with E-state index in [2.05, 4.69) is 5.32 Å². The fourth-order valence-electron chi connectivity index (χ4n) is 3.13. The van der Waals surface area contributed by atoms with Gasteiger partial charge in [-0.2, -0.15) is 0 Å². The lowest BCUT2D eigenvalue weighted by molar-refractivity contribution is -0.131. The van der Waals surface area contributed by atoms with Gasteiger partial charge in [0.15, 0.2) is 0 Å². The fraction of sp³-hybridized carbons (Fsp3) is 0.333. The Morgan fingerprint density at radius 1 is 1.28 bits per heavy atom. The number of hydrogen-bond acceptors (Lipinski definition) is 4. The molecule has 1 heterocycles. The highest BCUT2D eigenvalue weighted by molar-refractivity contribution is 8.00. The first-order chi connectivity index (χ1) is 13.9. The summed E-state index contributed by atoms with van der Waals surface area (Å²) in [5.41, 5.74) is 2.59. The van der Waals surface area contributed by atoms with E-state index in [1.807, 2.05) is 44.2 Å². The molecule has 2 aromatic carbocycles. The summed E-state index contributed by atoms with van der Waals surface area (Å²) in [6.07, 6.45) is 0.0962. The Kier molecular flexibility index (Phi) is 7.33. The fourth-order valence-corrected chi connectivity index (χ4v) is 4.99. The number of nitrogens with zero attached hydrogens (tertiary/aromatic N) is 1. The maximum Gasteiger partial charge on any atom is 0.411 e. The summed E-state index contributed by atoms with van der Waals surface area (Å²) in [7, 11) is 0. The molecule has 8 heteroatoms. The first-order valence-corrected chi connectivity index (χ1v) is 11.1. The van der Waals surface area contributed by atoms with Gasteiger partial charge < -0.3 is 9.64 Å². The van der Waals surface area contributed by atoms with Crippen LogP contribution in [0.25, 0.3) is 0 Å². The molecule has 0 saturated carbocycles. The Morgan fingerprint density at radius 2 is 2.00 bits per heavy atom. The van der Waals surface area contributed by atoms with E-state index in [4.69, 9.17) is 27.9 Å². The molecule has 1 aliphatic rings. The lowest BCUT2D eigenvalue weighted by Gasteiger charge is -2.32. The quantitative estimate of drug-likeness (QED) is 0.592. The van der Waals surface area contributed by atoms with Crippen LogP contribution in [0, 0.1) is 6.92 Å². The van der Waals surface area contributed by atoms with Crippen molar-refractivity contribution in [2.45, 2.75) is 31.7 Å². The zero-order valence-electron chi connectivity index (χ0n) is 16.2. The van der Waals surface area contributed by atoms with Gasteiger partial charge >= 0.3 is 6.09 Å². The molecule has 154 valence electrons. The highest BCUT2D eigenvalue weighted by Crippen LogP contribution is 2.43. The molecule has 0 aliphatic carbocycles. The Morgan fingerprint density at radius 3 is 2.66 bits per heavy atom. The predicted molar refractivity (Wildman–Crippen MR) is 119 cm³/mol. The van der Waals surface area contributed by atoms with Crippen molar-refractivity contribution in [3.63, 3.8) is 0 Å². The minimum absolute atomic E-state index is 0.000379. The molecule has 1 saturated heterocycles. The van der Waals surface area contributed by atoms with Crippen molar-refractivity contribution < 1.29 is 14.3 Å². The number of carbonyl (C=O) groups excluding carboxylic acids is 2. The van der Waals surface area contributed by atoms with Crippen molar-refractivity contribution in [1.29, 1.82) is 0 Å². The SMILES string of the molecule is CC[C@H](COC(=O)Nc1ccc(C)cc1)N1C(=O)CS[C@@H]1c1ccc(Cl)cc1Cl. The molecule has 5 nitrogen and oxygen atoms in total. The predicted octanol–water partition coefficient (Wildman–Crippen LogP) is 5.90. The summed E-state index contributed by atoms with van der Waals surface area (Å²) >= 11 is 13.9. The molecule has 0 unspecified atom stereocenters. The van der Waals surface area contributed by atoms with E-state index >= 15 is 0 Å². The van der Waals surface area contributed by atoms with E-state index in [0.717, 1.165) is 11.1 Å². The van der Waals surface area contributed by atoms with Gasteiger partial charge in [-0.3, -0.25) is 10.1 Å². The molecule has 0 bridgehead atoms. The Labute approximate surface area is 184 Å². The number of rotatable bonds is 6. The Bertz CT molecular complexity index is 892. The molecule has 2 amide bonds. The summed E-state index contributed by atoms with van der Waals surface area (Å²) < 4.78 is 5.42. The van der Waals surface area contributed by atoms with E-state index < -0.39 is 6.09 Å². The van der Waals surface area contributed by atoms with E-state index in [9.17, 15) is 9.59 Å². The molecule has 2 atom stereocenters. The first kappa shape index (κ1) is 21.8. The molecule has 29 heavy (non-hydrogen) atoms. The van der Waals surface area contributed by atoms with Crippen LogP contribution in [0.15, 0.2) is 42.5 Å². The second-order valence-corrected chi connectivity index (χ2v) is 8.69. The largest absolute Gasteiger partial charge is 0.447 e. The standard InChI is InChI=1S/C21H22Cl2N2O3S/c1-3-16(11-28-21(27)24-15-7-4-13(2)5-8-15)25-19(26)12-29-20(25)17-9-6-14(22)10-18(17)23/h4-10,16,20H,3,11-12H2,1-2H3,(H,24,27)/t16-,20-/m1/s1. The van der Waals surface area contributed by atoms with Crippen LogP contribution in [0.1, 0.15) is 29.8 Å². The lowest BCUT2D eigenvalue weighted by Crippen LogP contribution is -2.41. The lowest BCUT2D eigenvalue weighted by atomic mass is 10.1. The van der Waals surface area contributed by atoms with Crippen molar-refractivity contribution in [2.75, 3.05) is 17.7 Å². The molecule has 1 N–H and O–H groups in total. The molecule has 1 aliphatic heterocycles. The van der Waals surface area contributed by atoms with Crippen LogP contribution in [0.5, 0.6) is 0 Å². The highest BCUT2D eigenvalue weighted by atomic mass is 35.5. The summed E-state index contributed by atoms with van der Waals surface area (Å²) in [5, 5.41) is 3.53. The maximum atomic E-state index is 12.6. The van der Waals surface area contributed by atoms with Gasteiger partial charge in [0.05, 0.1) is 11.8 Å². The Hall–Kier alpha value is -1.89. The van der Waals surface area contributed by atoms with Gasteiger partial charge in [0.1, 0.15) is 12.0 Å². The summed E-state index contributed by atoms with van der Waals surface area (Å²) in [4.78, 5) is 26.5. The normalized spacial score (nSPS) is 17.3. The molecule has 3 rings (SSSR count). The molecule has 1 fully saturated rings. The number of nitrogens with one attached hydrogen (secondary N) is 1. The highest BCUT2D eigenvalue weighted by Gasteiger charge is 2.38. The van der Waals surface area contributed by atoms with E-state index in [-0.39, 0.29) is 23.9 Å². The molecular weight excluding hydrogens is 431 g/mol. The number of hydrogen-bond donors (Lipinski definition) is 1. The average molecular weight is 453 g/mol. The van der Waals surface area contributed by atoms with Gasteiger partial charge in [0.2, 0.25) is 5.91 Å². The number of aryl methyl sites for hydroxylation is 1. The average Bonchev–Trinajstić information content (AvgIpc) is 3.05. The topological polar surface area (TPSA) is 58.6 Å². The summed E-state index contributed by atoms with van der Waals surface area (Å²) in [6, 6.07) is 12.5. The second kappa shape index (κ2) is 9.74. The van der Waals surface area contributed by atoms with Crippen molar-refractivity contribution in [1.82, 2.24) is 4.90 Å². The number of benzene rings is 2. The third-order valence-electron chi connectivity index (χ3n) is 4.70. The van der Waals surface area contributed by atoms with Crippen LogP contribution >= 0.6 is 35.0 Å². The summed E-state index contributed by atoms with van der Waals surface area (Å²) in [5.74, 6) is 0.357. The number of carbonyl (C=O) groups is 2. The van der Waals surface area contributed by atoms with Crippen LogP contribution in [0.4, 0.5) is 10.5 Å². The van der Waals surface area contributed by atoms with Crippen LogP contribution in [-0.2, 0) is 9.53 Å². The number of anilines is 1. The van der Waals surface area contributed by atoms with Crippen LogP contribution in [-0.4, -0.2) is 35.3 Å². The molecule has 0 radical (unpaired) electrons. The van der Waals surface area contributed by atoms with E-state index in [0.29, 0.717) is 27.9 Å². The zero-order chi connectivity index (χ0) is 21.0. The minimum atomic E-state index is -0.548. The van der Waals surface area contributed by atoms with Crippen LogP contribution < -0.4 is 5.32 Å². The van der Waals surface area contributed by atoms with Gasteiger partial charge in [-0.1, -0.05) is 53.9 Å². The minimum Gasteiger partial charge on any atom is -0.447 e. The molecular formula is C21H22Cl2N2O3S. The molecule has 0 aromatic heterocycles. The van der Waals surface area contributed by atoms with E-state index in [1.54, 1.807) is 17.0 Å². The number of amides is 2. The summed E-state index contributed by atoms with van der Waals surface area (Å²) in [6.45, 7) is 4.04. The van der Waals surface area contributed by atoms with E-state index in [1.165, 1.54) is 11.8 Å². The molecule has 0 spiro atoms. The van der Waals surface area contributed by atoms with Crippen molar-refractivity contribution in [2.24, 2.45) is 0 Å². The van der Waals surface area contributed by atoms with Crippen molar-refractivity contribution in [3.8, 4) is 0 Å². The van der Waals surface area contributed by atoms with Gasteiger partial charge in [0, 0.05) is 21.3 Å². The van der Waals surface area contributed by atoms with Gasteiger partial charge in [-0.25, -0.2) is 4.79 Å². The van der Waals surface area contributed by atoms with Gasteiger partial charge in [-0.15, -0.1) is 11.8 Å². The first-order valence-electron chi connectivity index (χ1n) is 9.27.